The smallest absolute Gasteiger partial charge is 0.289 e. The molecule has 0 spiro atoms. The number of hydrogen-bond acceptors (Lipinski definition) is 5. The number of amides is 1. The Labute approximate surface area is 124 Å². The maximum absolute atomic E-state index is 12.0. The van der Waals surface area contributed by atoms with Crippen molar-refractivity contribution in [3.05, 3.63) is 16.5 Å². The molecule has 6 nitrogen and oxygen atoms in total. The van der Waals surface area contributed by atoms with Crippen molar-refractivity contribution in [1.82, 2.24) is 4.90 Å². The van der Waals surface area contributed by atoms with Gasteiger partial charge in [0, 0.05) is 44.1 Å². The van der Waals surface area contributed by atoms with Gasteiger partial charge in [0.25, 0.3) is 15.0 Å². The molecule has 0 saturated carbocycles. The van der Waals surface area contributed by atoms with Crippen LogP contribution in [-0.4, -0.2) is 46.5 Å². The number of rotatable bonds is 6. The average molecular weight is 375 g/mol. The van der Waals surface area contributed by atoms with E-state index in [-0.39, 0.29) is 15.3 Å². The Kier molecular flexibility index (Phi) is 5.84. The summed E-state index contributed by atoms with van der Waals surface area (Å²) in [6.45, 7) is 0.995. The first-order chi connectivity index (χ1) is 8.77. The maximum atomic E-state index is 12.0. The Bertz CT molecular complexity index is 556. The van der Waals surface area contributed by atoms with E-state index in [0.717, 1.165) is 6.07 Å². The van der Waals surface area contributed by atoms with E-state index in [2.05, 4.69) is 15.9 Å². The molecule has 0 fully saturated rings. The van der Waals surface area contributed by atoms with Gasteiger partial charge in [0.1, 0.15) is 4.90 Å². The van der Waals surface area contributed by atoms with Crippen molar-refractivity contribution in [2.24, 2.45) is 0 Å². The lowest BCUT2D eigenvalue weighted by Gasteiger charge is -2.14. The SMILES string of the molecule is COCCCN(C)C(=O)c1cc(S(=O)(=O)Cl)c(Br)o1. The van der Waals surface area contributed by atoms with Gasteiger partial charge in [0.05, 0.1) is 0 Å². The predicted octanol–water partition coefficient (Wildman–Crippen LogP) is 2.08. The van der Waals surface area contributed by atoms with Gasteiger partial charge in [0.2, 0.25) is 0 Å². The zero-order valence-electron chi connectivity index (χ0n) is 10.4. The normalized spacial score (nSPS) is 11.6. The summed E-state index contributed by atoms with van der Waals surface area (Å²) in [4.78, 5) is 13.1. The molecule has 1 amide bonds. The summed E-state index contributed by atoms with van der Waals surface area (Å²) < 4.78 is 32.3. The molecule has 0 unspecified atom stereocenters. The molecule has 1 aromatic heterocycles. The van der Waals surface area contributed by atoms with Crippen LogP contribution >= 0.6 is 26.6 Å². The topological polar surface area (TPSA) is 76.8 Å². The van der Waals surface area contributed by atoms with Crippen molar-refractivity contribution in [2.45, 2.75) is 11.3 Å². The minimum atomic E-state index is -3.95. The average Bonchev–Trinajstić information content (AvgIpc) is 2.70. The van der Waals surface area contributed by atoms with E-state index < -0.39 is 15.0 Å². The standard InChI is InChI=1S/C10H13BrClNO5S/c1-13(4-3-5-17-2)10(14)7-6-8(9(11)18-7)19(12,15)16/h6H,3-5H2,1-2H3. The van der Waals surface area contributed by atoms with E-state index in [1.807, 2.05) is 0 Å². The molecular weight excluding hydrogens is 362 g/mol. The molecule has 0 bridgehead atoms. The Morgan fingerprint density at radius 1 is 1.58 bits per heavy atom. The maximum Gasteiger partial charge on any atom is 0.289 e. The summed E-state index contributed by atoms with van der Waals surface area (Å²) in [5.74, 6) is -0.519. The summed E-state index contributed by atoms with van der Waals surface area (Å²) in [6.07, 6.45) is 0.668. The Hall–Kier alpha value is -0.570. The number of hydrogen-bond donors (Lipinski definition) is 0. The fourth-order valence-electron chi connectivity index (χ4n) is 1.36. The largest absolute Gasteiger partial charge is 0.443 e. The van der Waals surface area contributed by atoms with Gasteiger partial charge in [-0.25, -0.2) is 8.42 Å². The number of ether oxygens (including phenoxy) is 1. The lowest BCUT2D eigenvalue weighted by molar-refractivity contribution is 0.0746. The first-order valence-corrected chi connectivity index (χ1v) is 8.36. The third-order valence-electron chi connectivity index (χ3n) is 2.32. The van der Waals surface area contributed by atoms with Crippen LogP contribution in [0.2, 0.25) is 0 Å². The summed E-state index contributed by atoms with van der Waals surface area (Å²) >= 11 is 2.91. The van der Waals surface area contributed by atoms with Crippen molar-refractivity contribution >= 4 is 41.6 Å². The van der Waals surface area contributed by atoms with E-state index in [0.29, 0.717) is 19.6 Å². The van der Waals surface area contributed by atoms with Crippen molar-refractivity contribution in [1.29, 1.82) is 0 Å². The van der Waals surface area contributed by atoms with Crippen LogP contribution in [0.3, 0.4) is 0 Å². The van der Waals surface area contributed by atoms with Gasteiger partial charge in [-0.1, -0.05) is 0 Å². The van der Waals surface area contributed by atoms with Gasteiger partial charge in [0.15, 0.2) is 10.4 Å². The van der Waals surface area contributed by atoms with Crippen LogP contribution in [0, 0.1) is 0 Å². The number of nitrogens with zero attached hydrogens (tertiary/aromatic N) is 1. The lowest BCUT2D eigenvalue weighted by Crippen LogP contribution is -2.28. The van der Waals surface area contributed by atoms with Crippen LogP contribution in [-0.2, 0) is 13.8 Å². The van der Waals surface area contributed by atoms with Crippen LogP contribution < -0.4 is 0 Å². The zero-order valence-corrected chi connectivity index (χ0v) is 13.5. The second-order valence-electron chi connectivity index (χ2n) is 3.76. The molecule has 0 aliphatic rings. The first kappa shape index (κ1) is 16.5. The molecule has 9 heteroatoms. The quantitative estimate of drug-likeness (QED) is 0.563. The van der Waals surface area contributed by atoms with Crippen LogP contribution in [0.4, 0.5) is 0 Å². The van der Waals surface area contributed by atoms with Gasteiger partial charge < -0.3 is 14.1 Å². The molecule has 0 saturated heterocycles. The molecule has 1 aromatic rings. The highest BCUT2D eigenvalue weighted by molar-refractivity contribution is 9.10. The highest BCUT2D eigenvalue weighted by atomic mass is 79.9. The summed E-state index contributed by atoms with van der Waals surface area (Å²) in [5.41, 5.74) is 0. The molecule has 0 aromatic carbocycles. The molecule has 1 rings (SSSR count). The zero-order chi connectivity index (χ0) is 14.6. The number of furan rings is 1. The third-order valence-corrected chi connectivity index (χ3v) is 4.50. The summed E-state index contributed by atoms with van der Waals surface area (Å²) in [7, 11) is 4.41. The first-order valence-electron chi connectivity index (χ1n) is 5.25. The van der Waals surface area contributed by atoms with Crippen LogP contribution in [0.25, 0.3) is 0 Å². The van der Waals surface area contributed by atoms with Crippen molar-refractivity contribution in [3.8, 4) is 0 Å². The molecule has 0 radical (unpaired) electrons. The third kappa shape index (κ3) is 4.48. The molecule has 19 heavy (non-hydrogen) atoms. The molecule has 1 heterocycles. The number of carbonyl (C=O) groups excluding carboxylic acids is 1. The van der Waals surface area contributed by atoms with E-state index in [1.165, 1.54) is 4.90 Å². The minimum Gasteiger partial charge on any atom is -0.443 e. The van der Waals surface area contributed by atoms with E-state index in [4.69, 9.17) is 19.8 Å². The van der Waals surface area contributed by atoms with Gasteiger partial charge in [-0.15, -0.1) is 0 Å². The number of halogens is 2. The second kappa shape index (κ2) is 6.74. The van der Waals surface area contributed by atoms with Crippen molar-refractivity contribution < 1.29 is 22.4 Å². The monoisotopic (exact) mass is 373 g/mol. The van der Waals surface area contributed by atoms with Crippen molar-refractivity contribution in [3.63, 3.8) is 0 Å². The van der Waals surface area contributed by atoms with Gasteiger partial charge in [-0.05, 0) is 22.4 Å². The Balaban J connectivity index is 2.84. The summed E-state index contributed by atoms with van der Waals surface area (Å²) in [5, 5.41) is 0. The minimum absolute atomic E-state index is 0.0869. The molecular formula is C10H13BrClNO5S. The Morgan fingerprint density at radius 3 is 2.68 bits per heavy atom. The van der Waals surface area contributed by atoms with Crippen molar-refractivity contribution in [2.75, 3.05) is 27.3 Å². The van der Waals surface area contributed by atoms with Gasteiger partial charge in [-0.2, -0.15) is 0 Å². The highest BCUT2D eigenvalue weighted by Gasteiger charge is 2.24. The van der Waals surface area contributed by atoms with E-state index in [1.54, 1.807) is 14.2 Å². The van der Waals surface area contributed by atoms with Gasteiger partial charge in [-0.3, -0.25) is 4.79 Å². The molecule has 0 aliphatic carbocycles. The fourth-order valence-corrected chi connectivity index (χ4v) is 3.39. The highest BCUT2D eigenvalue weighted by Crippen LogP contribution is 2.29. The summed E-state index contributed by atoms with van der Waals surface area (Å²) in [6, 6.07) is 1.10. The van der Waals surface area contributed by atoms with E-state index >= 15 is 0 Å². The molecule has 0 N–H and O–H groups in total. The molecule has 0 atom stereocenters. The predicted molar refractivity (Wildman–Crippen MR) is 72.9 cm³/mol. The lowest BCUT2D eigenvalue weighted by atomic mass is 10.3. The fraction of sp³-hybridized carbons (Fsp3) is 0.500. The molecule has 0 aliphatic heterocycles. The second-order valence-corrected chi connectivity index (χ2v) is 7.01. The Morgan fingerprint density at radius 2 is 2.21 bits per heavy atom. The van der Waals surface area contributed by atoms with Crippen LogP contribution in [0.1, 0.15) is 17.0 Å². The van der Waals surface area contributed by atoms with Gasteiger partial charge >= 0.3 is 0 Å². The number of methoxy groups -OCH3 is 1. The van der Waals surface area contributed by atoms with Crippen LogP contribution in [0.5, 0.6) is 0 Å². The number of carbonyl (C=O) groups is 1. The van der Waals surface area contributed by atoms with E-state index in [9.17, 15) is 13.2 Å². The molecule has 108 valence electrons. The van der Waals surface area contributed by atoms with Crippen LogP contribution in [0.15, 0.2) is 20.0 Å².